The molecule has 3 aromatic rings. The van der Waals surface area contributed by atoms with E-state index < -0.39 is 0 Å². The number of nitrogens with one attached hydrogen (secondary N) is 1. The Balaban J connectivity index is 1.34. The lowest BCUT2D eigenvalue weighted by Gasteiger charge is -2.29. The number of ether oxygens (including phenoxy) is 1. The fourth-order valence-corrected chi connectivity index (χ4v) is 3.84. The van der Waals surface area contributed by atoms with Crippen molar-refractivity contribution < 1.29 is 4.74 Å². The lowest BCUT2D eigenvalue weighted by molar-refractivity contribution is 0.300. The predicted octanol–water partition coefficient (Wildman–Crippen LogP) is 5.03. The Labute approximate surface area is 189 Å². The van der Waals surface area contributed by atoms with E-state index in [1.165, 1.54) is 23.0 Å². The molecule has 0 unspecified atom stereocenters. The number of aromatic amines is 1. The van der Waals surface area contributed by atoms with Crippen LogP contribution in [0.1, 0.15) is 44.1 Å². The molecule has 0 fully saturated rings. The summed E-state index contributed by atoms with van der Waals surface area (Å²) in [4.78, 5) is 22.1. The quantitative estimate of drug-likeness (QED) is 0.559. The van der Waals surface area contributed by atoms with Gasteiger partial charge in [0.2, 0.25) is 5.75 Å². The summed E-state index contributed by atoms with van der Waals surface area (Å²) in [5.74, 6) is 0.927. The molecule has 0 bridgehead atoms. The van der Waals surface area contributed by atoms with Crippen LogP contribution in [0.2, 0.25) is 0 Å². The van der Waals surface area contributed by atoms with Gasteiger partial charge in [0.1, 0.15) is 12.4 Å². The fraction of sp³-hybridized carbons (Fsp3) is 0.333. The van der Waals surface area contributed by atoms with Gasteiger partial charge in [-0.1, -0.05) is 74.9 Å². The maximum atomic E-state index is 12.4. The molecule has 4 rings (SSSR count). The number of nitrogens with zero attached hydrogens (tertiary/aromatic N) is 2. The van der Waals surface area contributed by atoms with Gasteiger partial charge in [0.05, 0.1) is 6.20 Å². The van der Waals surface area contributed by atoms with Crippen molar-refractivity contribution in [1.82, 2.24) is 9.97 Å². The zero-order valence-electron chi connectivity index (χ0n) is 19.1. The second kappa shape index (κ2) is 9.43. The van der Waals surface area contributed by atoms with Crippen LogP contribution in [-0.2, 0) is 18.4 Å². The molecule has 0 amide bonds. The minimum absolute atomic E-state index is 0.166. The number of H-pyrrole nitrogens is 1. The zero-order chi connectivity index (χ0) is 22.6. The van der Waals surface area contributed by atoms with E-state index in [1.54, 1.807) is 0 Å². The molecule has 1 aliphatic rings. The van der Waals surface area contributed by atoms with E-state index in [-0.39, 0.29) is 16.7 Å². The maximum Gasteiger partial charge on any atom is 0.293 e. The minimum Gasteiger partial charge on any atom is -0.482 e. The summed E-state index contributed by atoms with van der Waals surface area (Å²) in [6, 6.07) is 18.7. The lowest BCUT2D eigenvalue weighted by atomic mass is 9.87. The van der Waals surface area contributed by atoms with Crippen molar-refractivity contribution in [2.24, 2.45) is 0 Å². The average molecular weight is 430 g/mol. The van der Waals surface area contributed by atoms with Crippen LogP contribution in [0.25, 0.3) is 0 Å². The molecule has 0 aliphatic carbocycles. The smallest absolute Gasteiger partial charge is 0.293 e. The van der Waals surface area contributed by atoms with Gasteiger partial charge in [-0.3, -0.25) is 4.79 Å². The molecule has 1 N–H and O–H groups in total. The maximum absolute atomic E-state index is 12.4. The van der Waals surface area contributed by atoms with Gasteiger partial charge in [-0.15, -0.1) is 0 Å². The number of aromatic nitrogens is 2. The second-order valence-corrected chi connectivity index (χ2v) is 9.33. The molecule has 32 heavy (non-hydrogen) atoms. The van der Waals surface area contributed by atoms with Gasteiger partial charge in [0, 0.05) is 25.2 Å². The highest BCUT2D eigenvalue weighted by Crippen LogP contribution is 2.26. The van der Waals surface area contributed by atoms with Crippen LogP contribution in [0.5, 0.6) is 5.75 Å². The van der Waals surface area contributed by atoms with E-state index in [4.69, 9.17) is 4.74 Å². The van der Waals surface area contributed by atoms with E-state index in [9.17, 15) is 4.79 Å². The fourth-order valence-electron chi connectivity index (χ4n) is 3.84. The van der Waals surface area contributed by atoms with Crippen LogP contribution in [0, 0.1) is 0 Å². The molecule has 5 nitrogen and oxygen atoms in total. The Morgan fingerprint density at radius 3 is 2.44 bits per heavy atom. The molecule has 0 saturated heterocycles. The second-order valence-electron chi connectivity index (χ2n) is 9.33. The number of benzene rings is 2. The summed E-state index contributed by atoms with van der Waals surface area (Å²) in [6.07, 6.45) is 5.40. The topological polar surface area (TPSA) is 58.2 Å². The Morgan fingerprint density at radius 2 is 1.81 bits per heavy atom. The zero-order valence-corrected chi connectivity index (χ0v) is 19.1. The first-order valence-electron chi connectivity index (χ1n) is 11.2. The van der Waals surface area contributed by atoms with Crippen LogP contribution in [-0.4, -0.2) is 23.1 Å². The number of rotatable bonds is 6. The summed E-state index contributed by atoms with van der Waals surface area (Å²) >= 11 is 0. The molecular weight excluding hydrogens is 398 g/mol. The van der Waals surface area contributed by atoms with Crippen molar-refractivity contribution in [1.29, 1.82) is 0 Å². The Hall–Kier alpha value is -3.34. The van der Waals surface area contributed by atoms with Crippen molar-refractivity contribution in [3.05, 3.63) is 99.7 Å². The van der Waals surface area contributed by atoms with E-state index in [1.807, 2.05) is 30.3 Å². The number of anilines is 1. The number of hydrogen-bond donors (Lipinski definition) is 1. The lowest BCUT2D eigenvalue weighted by Crippen LogP contribution is -2.29. The standard InChI is InChI=1S/C27H31N3O2/c1-27(2,3)22-9-11-23(12-10-22)30-15-13-20(14-16-30)17-25-28-18-24(26(31)29-25)32-19-21-7-5-4-6-8-21/h4-13,18H,14-17,19H2,1-3H3,(H,28,29,31). The normalized spacial score (nSPS) is 14.2. The van der Waals surface area contributed by atoms with Crippen molar-refractivity contribution in [3.63, 3.8) is 0 Å². The third-order valence-electron chi connectivity index (χ3n) is 5.85. The summed E-state index contributed by atoms with van der Waals surface area (Å²) in [5.41, 5.74) is 4.84. The van der Waals surface area contributed by atoms with Crippen LogP contribution >= 0.6 is 0 Å². The minimum atomic E-state index is -0.233. The van der Waals surface area contributed by atoms with E-state index >= 15 is 0 Å². The van der Waals surface area contributed by atoms with Gasteiger partial charge < -0.3 is 14.6 Å². The molecule has 0 atom stereocenters. The van der Waals surface area contributed by atoms with Crippen molar-refractivity contribution in [3.8, 4) is 5.75 Å². The Bertz CT molecular complexity index is 1130. The molecular formula is C27H31N3O2. The monoisotopic (exact) mass is 429 g/mol. The van der Waals surface area contributed by atoms with Crippen LogP contribution in [0.4, 0.5) is 5.69 Å². The van der Waals surface area contributed by atoms with Crippen molar-refractivity contribution in [2.45, 2.75) is 45.6 Å². The molecule has 166 valence electrons. The first-order valence-corrected chi connectivity index (χ1v) is 11.2. The molecule has 1 aromatic heterocycles. The summed E-state index contributed by atoms with van der Waals surface area (Å²) < 4.78 is 5.63. The van der Waals surface area contributed by atoms with Gasteiger partial charge in [0.15, 0.2) is 0 Å². The average Bonchev–Trinajstić information content (AvgIpc) is 2.79. The highest BCUT2D eigenvalue weighted by molar-refractivity contribution is 5.50. The van der Waals surface area contributed by atoms with Gasteiger partial charge >= 0.3 is 0 Å². The molecule has 0 radical (unpaired) electrons. The van der Waals surface area contributed by atoms with Crippen molar-refractivity contribution >= 4 is 5.69 Å². The first kappa shape index (κ1) is 21.9. The third kappa shape index (κ3) is 5.47. The SMILES string of the molecule is CC(C)(C)c1ccc(N2CC=C(Cc3ncc(OCc4ccccc4)c(=O)[nH]3)CC2)cc1. The third-order valence-corrected chi connectivity index (χ3v) is 5.85. The summed E-state index contributed by atoms with van der Waals surface area (Å²) in [6.45, 7) is 8.88. The Kier molecular flexibility index (Phi) is 6.45. The van der Waals surface area contributed by atoms with Crippen molar-refractivity contribution in [2.75, 3.05) is 18.0 Å². The molecule has 0 saturated carbocycles. The predicted molar refractivity (Wildman–Crippen MR) is 129 cm³/mol. The molecule has 0 spiro atoms. The van der Waals surface area contributed by atoms with Crippen LogP contribution < -0.4 is 15.2 Å². The van der Waals surface area contributed by atoms with Gasteiger partial charge in [-0.2, -0.15) is 0 Å². The van der Waals surface area contributed by atoms with Gasteiger partial charge in [0.25, 0.3) is 5.56 Å². The first-order chi connectivity index (χ1) is 15.4. The van der Waals surface area contributed by atoms with E-state index in [0.717, 1.165) is 25.1 Å². The van der Waals surface area contributed by atoms with E-state index in [2.05, 4.69) is 66.0 Å². The highest BCUT2D eigenvalue weighted by atomic mass is 16.5. The summed E-state index contributed by atoms with van der Waals surface area (Å²) in [5, 5.41) is 0. The molecule has 2 heterocycles. The van der Waals surface area contributed by atoms with Gasteiger partial charge in [-0.05, 0) is 35.1 Å². The van der Waals surface area contributed by atoms with Crippen LogP contribution in [0.15, 0.2) is 77.2 Å². The number of hydrogen-bond acceptors (Lipinski definition) is 4. The molecule has 5 heteroatoms. The van der Waals surface area contributed by atoms with Gasteiger partial charge in [-0.25, -0.2) is 4.98 Å². The Morgan fingerprint density at radius 1 is 1.06 bits per heavy atom. The summed E-state index contributed by atoms with van der Waals surface area (Å²) in [7, 11) is 0. The van der Waals surface area contributed by atoms with E-state index in [0.29, 0.717) is 18.9 Å². The van der Waals surface area contributed by atoms with Crippen LogP contribution in [0.3, 0.4) is 0 Å². The molecule has 1 aliphatic heterocycles. The highest BCUT2D eigenvalue weighted by Gasteiger charge is 2.16. The molecule has 2 aromatic carbocycles. The largest absolute Gasteiger partial charge is 0.482 e.